The predicted molar refractivity (Wildman–Crippen MR) is 40.0 cm³/mol. The Hall–Kier alpha value is -0.0400. The van der Waals surface area contributed by atoms with Crippen molar-refractivity contribution in [2.45, 2.75) is 33.8 Å². The second-order valence-corrected chi connectivity index (χ2v) is 3.79. The highest BCUT2D eigenvalue weighted by atomic mass is 16.3. The molecule has 1 radical (unpaired) electrons. The molecule has 0 aliphatic carbocycles. The molecule has 0 aliphatic heterocycles. The maximum Gasteiger partial charge on any atom is 0.0613 e. The molecule has 0 heterocycles. The number of hydrogen-bond donors (Lipinski definition) is 1. The summed E-state index contributed by atoms with van der Waals surface area (Å²) < 4.78 is 0. The van der Waals surface area contributed by atoms with E-state index in [4.69, 9.17) is 0 Å². The van der Waals surface area contributed by atoms with E-state index in [1.165, 1.54) is 0 Å². The Bertz CT molecular complexity index is 79.1. The van der Waals surface area contributed by atoms with Crippen LogP contribution in [0.1, 0.15) is 27.7 Å². The average Bonchev–Trinajstić information content (AvgIpc) is 1.62. The van der Waals surface area contributed by atoms with Gasteiger partial charge in [0.25, 0.3) is 0 Å². The van der Waals surface area contributed by atoms with Gasteiger partial charge >= 0.3 is 0 Å². The maximum atomic E-state index is 9.40. The molecule has 1 nitrogen and oxygen atoms in total. The number of aliphatic hydroxyl groups excluding tert-OH is 1. The van der Waals surface area contributed by atoms with Crippen LogP contribution >= 0.6 is 0 Å². The molecule has 2 atom stereocenters. The van der Waals surface area contributed by atoms with E-state index in [2.05, 4.69) is 6.92 Å². The van der Waals surface area contributed by atoms with Gasteiger partial charge in [0.05, 0.1) is 6.10 Å². The molecule has 9 heavy (non-hydrogen) atoms. The lowest BCUT2D eigenvalue weighted by Crippen LogP contribution is -2.30. The second kappa shape index (κ2) is 2.70. The predicted octanol–water partition coefficient (Wildman–Crippen LogP) is 1.86. The van der Waals surface area contributed by atoms with E-state index in [0.717, 1.165) is 0 Å². The van der Waals surface area contributed by atoms with Crippen molar-refractivity contribution in [1.29, 1.82) is 0 Å². The normalized spacial score (nSPS) is 16.3. The van der Waals surface area contributed by atoms with Gasteiger partial charge in [-0.1, -0.05) is 27.7 Å². The van der Waals surface area contributed by atoms with Gasteiger partial charge in [0.1, 0.15) is 0 Å². The van der Waals surface area contributed by atoms with E-state index < -0.39 is 0 Å². The first kappa shape index (κ1) is 8.96. The Kier molecular flexibility index (Phi) is 2.68. The van der Waals surface area contributed by atoms with Gasteiger partial charge in [0, 0.05) is 0 Å². The van der Waals surface area contributed by atoms with Gasteiger partial charge in [0.2, 0.25) is 0 Å². The van der Waals surface area contributed by atoms with E-state index in [9.17, 15) is 5.11 Å². The molecule has 0 aromatic carbocycles. The van der Waals surface area contributed by atoms with Crippen molar-refractivity contribution < 1.29 is 5.11 Å². The third-order valence-corrected chi connectivity index (χ3v) is 1.43. The average molecular weight is 129 g/mol. The summed E-state index contributed by atoms with van der Waals surface area (Å²) in [6.07, 6.45) is -0.294. The van der Waals surface area contributed by atoms with Gasteiger partial charge < -0.3 is 5.11 Å². The van der Waals surface area contributed by atoms with E-state index >= 15 is 0 Å². The molecule has 1 N–H and O–H groups in total. The Morgan fingerprint density at radius 2 is 1.67 bits per heavy atom. The topological polar surface area (TPSA) is 20.2 Å². The van der Waals surface area contributed by atoms with E-state index in [-0.39, 0.29) is 17.4 Å². The zero-order valence-corrected chi connectivity index (χ0v) is 6.81. The first-order chi connectivity index (χ1) is 3.85. The lowest BCUT2D eigenvalue weighted by Gasteiger charge is -2.28. The Balaban J connectivity index is 3.88. The summed E-state index contributed by atoms with van der Waals surface area (Å²) in [6.45, 7) is 11.7. The third kappa shape index (κ3) is 2.85. The Morgan fingerprint density at radius 3 is 1.67 bits per heavy atom. The molecule has 0 aliphatic rings. The molecule has 1 heteroatoms. The zero-order valence-electron chi connectivity index (χ0n) is 6.81. The smallest absolute Gasteiger partial charge is 0.0613 e. The molecule has 0 bridgehead atoms. The standard InChI is InChI=1S/C8H17O/c1-6(2)7(9)8(3,4)5/h6-7,9H,1H2,2-5H3. The van der Waals surface area contributed by atoms with Crippen LogP contribution in [0, 0.1) is 18.3 Å². The Labute approximate surface area is 58.1 Å². The van der Waals surface area contributed by atoms with Crippen LogP contribution in [-0.2, 0) is 0 Å². The van der Waals surface area contributed by atoms with Gasteiger partial charge in [-0.05, 0) is 18.3 Å². The molecule has 0 aromatic rings. The van der Waals surface area contributed by atoms with E-state index in [1.807, 2.05) is 27.7 Å². The molecule has 55 valence electrons. The first-order valence-corrected chi connectivity index (χ1v) is 3.37. The maximum absolute atomic E-state index is 9.40. The summed E-state index contributed by atoms with van der Waals surface area (Å²) in [5.41, 5.74) is -0.0266. The van der Waals surface area contributed by atoms with Gasteiger partial charge in [-0.25, -0.2) is 0 Å². The first-order valence-electron chi connectivity index (χ1n) is 3.37. The summed E-state index contributed by atoms with van der Waals surface area (Å²) in [4.78, 5) is 0. The molecule has 0 aromatic heterocycles. The van der Waals surface area contributed by atoms with Crippen molar-refractivity contribution in [2.75, 3.05) is 0 Å². The lowest BCUT2D eigenvalue weighted by atomic mass is 9.83. The molecule has 0 spiro atoms. The van der Waals surface area contributed by atoms with Crippen molar-refractivity contribution in [3.8, 4) is 0 Å². The lowest BCUT2D eigenvalue weighted by molar-refractivity contribution is 0.0329. The van der Waals surface area contributed by atoms with Crippen LogP contribution in [0.5, 0.6) is 0 Å². The summed E-state index contributed by atoms with van der Waals surface area (Å²) in [5.74, 6) is 0.116. The zero-order chi connectivity index (χ0) is 7.65. The van der Waals surface area contributed by atoms with Crippen LogP contribution in [0.2, 0.25) is 0 Å². The second-order valence-electron chi connectivity index (χ2n) is 3.79. The van der Waals surface area contributed by atoms with Crippen molar-refractivity contribution in [2.24, 2.45) is 11.3 Å². The van der Waals surface area contributed by atoms with Crippen molar-refractivity contribution in [3.05, 3.63) is 6.92 Å². The fourth-order valence-electron chi connectivity index (χ4n) is 0.854. The third-order valence-electron chi connectivity index (χ3n) is 1.43. The number of rotatable bonds is 1. The summed E-state index contributed by atoms with van der Waals surface area (Å²) >= 11 is 0. The minimum Gasteiger partial charge on any atom is -0.392 e. The van der Waals surface area contributed by atoms with Gasteiger partial charge in [-0.15, -0.1) is 0 Å². The van der Waals surface area contributed by atoms with Crippen LogP contribution < -0.4 is 0 Å². The highest BCUT2D eigenvalue weighted by Crippen LogP contribution is 2.23. The molecular weight excluding hydrogens is 112 g/mol. The van der Waals surface area contributed by atoms with Crippen molar-refractivity contribution in [1.82, 2.24) is 0 Å². The Morgan fingerprint density at radius 1 is 1.33 bits per heavy atom. The summed E-state index contributed by atoms with van der Waals surface area (Å²) in [7, 11) is 0. The number of hydrogen-bond acceptors (Lipinski definition) is 1. The van der Waals surface area contributed by atoms with Crippen LogP contribution in [0.15, 0.2) is 0 Å². The van der Waals surface area contributed by atoms with Crippen LogP contribution in [0.3, 0.4) is 0 Å². The molecule has 0 saturated heterocycles. The van der Waals surface area contributed by atoms with Crippen LogP contribution in [0.4, 0.5) is 0 Å². The van der Waals surface area contributed by atoms with E-state index in [0.29, 0.717) is 0 Å². The molecular formula is C8H17O. The van der Waals surface area contributed by atoms with Crippen molar-refractivity contribution >= 4 is 0 Å². The van der Waals surface area contributed by atoms with Crippen molar-refractivity contribution in [3.63, 3.8) is 0 Å². The van der Waals surface area contributed by atoms with Crippen LogP contribution in [0.25, 0.3) is 0 Å². The minimum absolute atomic E-state index is 0.0266. The molecule has 0 rings (SSSR count). The molecule has 0 saturated carbocycles. The summed E-state index contributed by atoms with van der Waals surface area (Å²) in [5, 5.41) is 9.40. The number of aliphatic hydroxyl groups is 1. The van der Waals surface area contributed by atoms with Gasteiger partial charge in [-0.3, -0.25) is 0 Å². The highest BCUT2D eigenvalue weighted by Gasteiger charge is 2.24. The van der Waals surface area contributed by atoms with Crippen LogP contribution in [-0.4, -0.2) is 11.2 Å². The SMILES string of the molecule is [CH2]C(C)C(O)C(C)(C)C. The monoisotopic (exact) mass is 129 g/mol. The van der Waals surface area contributed by atoms with E-state index in [1.54, 1.807) is 0 Å². The minimum atomic E-state index is -0.294. The van der Waals surface area contributed by atoms with Gasteiger partial charge in [0.15, 0.2) is 0 Å². The molecule has 0 fully saturated rings. The van der Waals surface area contributed by atoms with Gasteiger partial charge in [-0.2, -0.15) is 0 Å². The highest BCUT2D eigenvalue weighted by molar-refractivity contribution is 4.78. The fourth-order valence-corrected chi connectivity index (χ4v) is 0.854. The quantitative estimate of drug-likeness (QED) is 0.573. The summed E-state index contributed by atoms with van der Waals surface area (Å²) in [6, 6.07) is 0. The molecule has 0 amide bonds. The fraction of sp³-hybridized carbons (Fsp3) is 0.875. The molecule has 2 unspecified atom stereocenters. The largest absolute Gasteiger partial charge is 0.392 e.